The van der Waals surface area contributed by atoms with Crippen LogP contribution in [-0.2, 0) is 4.79 Å². The zero-order valence-electron chi connectivity index (χ0n) is 15.1. The molecule has 0 saturated heterocycles. The molecule has 0 aromatic heterocycles. The molecule has 0 atom stereocenters. The van der Waals surface area contributed by atoms with Crippen LogP contribution in [-0.4, -0.2) is 30.4 Å². The van der Waals surface area contributed by atoms with E-state index in [1.54, 1.807) is 11.8 Å². The van der Waals surface area contributed by atoms with Gasteiger partial charge in [-0.15, -0.1) is 0 Å². The fourth-order valence-corrected chi connectivity index (χ4v) is 4.36. The molecular formula is C21H26N2OS. The van der Waals surface area contributed by atoms with E-state index in [9.17, 15) is 4.79 Å². The lowest BCUT2D eigenvalue weighted by Crippen LogP contribution is -2.33. The second-order valence-electron chi connectivity index (χ2n) is 6.36. The quantitative estimate of drug-likeness (QED) is 0.671. The number of nitrogens with zero attached hydrogens (tertiary/aromatic N) is 2. The molecule has 1 amide bonds. The first kappa shape index (κ1) is 18.0. The molecule has 4 heteroatoms. The number of carbonyl (C=O) groups is 1. The number of amides is 1. The molecular weight excluding hydrogens is 328 g/mol. The summed E-state index contributed by atoms with van der Waals surface area (Å²) in [6.07, 6.45) is 2.80. The average molecular weight is 355 g/mol. The normalized spacial score (nSPS) is 12.8. The van der Waals surface area contributed by atoms with Crippen LogP contribution in [0.3, 0.4) is 0 Å². The first-order valence-electron chi connectivity index (χ1n) is 9.15. The number of carbonyl (C=O) groups excluding carboxylic acids is 1. The van der Waals surface area contributed by atoms with Crippen molar-refractivity contribution in [3.63, 3.8) is 0 Å². The Kier molecular flexibility index (Phi) is 6.16. The van der Waals surface area contributed by atoms with Crippen LogP contribution in [0.25, 0.3) is 0 Å². The summed E-state index contributed by atoms with van der Waals surface area (Å²) < 4.78 is 0. The molecule has 0 spiro atoms. The van der Waals surface area contributed by atoms with Crippen molar-refractivity contribution in [3.05, 3.63) is 48.5 Å². The van der Waals surface area contributed by atoms with Gasteiger partial charge in [-0.3, -0.25) is 9.69 Å². The highest BCUT2D eigenvalue weighted by Crippen LogP contribution is 2.47. The van der Waals surface area contributed by atoms with Crippen LogP contribution in [0.2, 0.25) is 0 Å². The molecule has 1 heterocycles. The van der Waals surface area contributed by atoms with Gasteiger partial charge in [0.2, 0.25) is 5.91 Å². The standard InChI is InChI=1S/C21H26N2OS/c1-3-14-22(15-4-2)16-13-21(24)23-17-9-5-7-11-19(17)25-20-12-8-6-10-18(20)23/h5-12H,3-4,13-16H2,1-2H3. The fourth-order valence-electron chi connectivity index (χ4n) is 3.31. The van der Waals surface area contributed by atoms with E-state index in [1.165, 1.54) is 0 Å². The van der Waals surface area contributed by atoms with Gasteiger partial charge in [0.25, 0.3) is 0 Å². The lowest BCUT2D eigenvalue weighted by Gasteiger charge is -2.31. The third kappa shape index (κ3) is 4.07. The van der Waals surface area contributed by atoms with Crippen molar-refractivity contribution in [3.8, 4) is 0 Å². The minimum absolute atomic E-state index is 0.178. The molecule has 2 aromatic rings. The molecule has 25 heavy (non-hydrogen) atoms. The van der Waals surface area contributed by atoms with Gasteiger partial charge >= 0.3 is 0 Å². The maximum atomic E-state index is 13.1. The summed E-state index contributed by atoms with van der Waals surface area (Å²) in [6.45, 7) is 7.33. The smallest absolute Gasteiger partial charge is 0.232 e. The molecule has 0 aliphatic carbocycles. The van der Waals surface area contributed by atoms with E-state index in [-0.39, 0.29) is 5.91 Å². The SMILES string of the molecule is CCCN(CCC)CCC(=O)N1c2ccccc2Sc2ccccc21. The Balaban J connectivity index is 1.82. The zero-order chi connectivity index (χ0) is 17.6. The van der Waals surface area contributed by atoms with E-state index in [0.29, 0.717) is 6.42 Å². The maximum Gasteiger partial charge on any atom is 0.232 e. The Labute approximate surface area is 155 Å². The fraction of sp³-hybridized carbons (Fsp3) is 0.381. The summed E-state index contributed by atoms with van der Waals surface area (Å²) in [7, 11) is 0. The van der Waals surface area contributed by atoms with E-state index in [1.807, 2.05) is 41.3 Å². The maximum absolute atomic E-state index is 13.1. The van der Waals surface area contributed by atoms with Crippen molar-refractivity contribution in [2.45, 2.75) is 42.9 Å². The first-order valence-corrected chi connectivity index (χ1v) is 9.97. The molecule has 0 unspecified atom stereocenters. The van der Waals surface area contributed by atoms with Crippen molar-refractivity contribution in [1.29, 1.82) is 0 Å². The lowest BCUT2D eigenvalue weighted by molar-refractivity contribution is -0.118. The van der Waals surface area contributed by atoms with Crippen LogP contribution in [0.15, 0.2) is 58.3 Å². The third-order valence-electron chi connectivity index (χ3n) is 4.40. The van der Waals surface area contributed by atoms with Crippen LogP contribution >= 0.6 is 11.8 Å². The number of para-hydroxylation sites is 2. The molecule has 0 N–H and O–H groups in total. The first-order chi connectivity index (χ1) is 12.2. The molecule has 0 saturated carbocycles. The van der Waals surface area contributed by atoms with Gasteiger partial charge in [-0.1, -0.05) is 49.9 Å². The lowest BCUT2D eigenvalue weighted by atomic mass is 10.2. The van der Waals surface area contributed by atoms with E-state index in [2.05, 4.69) is 30.9 Å². The summed E-state index contributed by atoms with van der Waals surface area (Å²) in [5.41, 5.74) is 2.02. The number of fused-ring (bicyclic) bond motifs is 2. The van der Waals surface area contributed by atoms with Gasteiger partial charge in [-0.05, 0) is 50.2 Å². The monoisotopic (exact) mass is 354 g/mol. The van der Waals surface area contributed by atoms with E-state index in [4.69, 9.17) is 0 Å². The molecule has 2 aromatic carbocycles. The number of hydrogen-bond donors (Lipinski definition) is 0. The zero-order valence-corrected chi connectivity index (χ0v) is 15.9. The average Bonchev–Trinajstić information content (AvgIpc) is 2.64. The van der Waals surface area contributed by atoms with Crippen molar-refractivity contribution in [2.75, 3.05) is 24.5 Å². The van der Waals surface area contributed by atoms with Gasteiger partial charge in [0, 0.05) is 22.8 Å². The highest BCUT2D eigenvalue weighted by atomic mass is 32.2. The summed E-state index contributed by atoms with van der Waals surface area (Å²) in [4.78, 5) is 19.7. The summed E-state index contributed by atoms with van der Waals surface area (Å²) in [6, 6.07) is 16.4. The van der Waals surface area contributed by atoms with Crippen molar-refractivity contribution < 1.29 is 4.79 Å². The summed E-state index contributed by atoms with van der Waals surface area (Å²) in [5, 5.41) is 0. The molecule has 132 valence electrons. The van der Waals surface area contributed by atoms with Crippen LogP contribution < -0.4 is 4.90 Å². The predicted molar refractivity (Wildman–Crippen MR) is 106 cm³/mol. The Bertz CT molecular complexity index is 680. The summed E-state index contributed by atoms with van der Waals surface area (Å²) >= 11 is 1.74. The van der Waals surface area contributed by atoms with E-state index >= 15 is 0 Å². The van der Waals surface area contributed by atoms with E-state index < -0.39 is 0 Å². The Morgan fingerprint density at radius 2 is 1.40 bits per heavy atom. The topological polar surface area (TPSA) is 23.6 Å². The Morgan fingerprint density at radius 1 is 0.880 bits per heavy atom. The molecule has 1 aliphatic heterocycles. The van der Waals surface area contributed by atoms with Gasteiger partial charge < -0.3 is 4.90 Å². The summed E-state index contributed by atoms with van der Waals surface area (Å²) in [5.74, 6) is 0.178. The molecule has 0 fully saturated rings. The van der Waals surface area contributed by atoms with Crippen molar-refractivity contribution in [1.82, 2.24) is 4.90 Å². The van der Waals surface area contributed by atoms with Gasteiger partial charge in [0.15, 0.2) is 0 Å². The highest BCUT2D eigenvalue weighted by Gasteiger charge is 2.27. The highest BCUT2D eigenvalue weighted by molar-refractivity contribution is 7.99. The molecule has 3 nitrogen and oxygen atoms in total. The van der Waals surface area contributed by atoms with Gasteiger partial charge in [0.1, 0.15) is 0 Å². The van der Waals surface area contributed by atoms with Crippen LogP contribution in [0.1, 0.15) is 33.1 Å². The van der Waals surface area contributed by atoms with E-state index in [0.717, 1.165) is 53.6 Å². The Hall–Kier alpha value is -1.78. The predicted octanol–water partition coefficient (Wildman–Crippen LogP) is 5.33. The van der Waals surface area contributed by atoms with Gasteiger partial charge in [-0.25, -0.2) is 0 Å². The number of benzene rings is 2. The number of hydrogen-bond acceptors (Lipinski definition) is 3. The minimum atomic E-state index is 0.178. The molecule has 3 rings (SSSR count). The molecule has 0 radical (unpaired) electrons. The van der Waals surface area contributed by atoms with Crippen LogP contribution in [0.5, 0.6) is 0 Å². The van der Waals surface area contributed by atoms with Gasteiger partial charge in [-0.2, -0.15) is 0 Å². The van der Waals surface area contributed by atoms with Crippen molar-refractivity contribution in [2.24, 2.45) is 0 Å². The minimum Gasteiger partial charge on any atom is -0.303 e. The molecule has 1 aliphatic rings. The molecule has 0 bridgehead atoms. The third-order valence-corrected chi connectivity index (χ3v) is 5.53. The second-order valence-corrected chi connectivity index (χ2v) is 7.44. The van der Waals surface area contributed by atoms with Gasteiger partial charge in [0.05, 0.1) is 11.4 Å². The largest absolute Gasteiger partial charge is 0.303 e. The van der Waals surface area contributed by atoms with Crippen molar-refractivity contribution >= 4 is 29.0 Å². The Morgan fingerprint density at radius 3 is 1.92 bits per heavy atom. The number of rotatable bonds is 7. The van der Waals surface area contributed by atoms with Crippen LogP contribution in [0.4, 0.5) is 11.4 Å². The second kappa shape index (κ2) is 8.54. The van der Waals surface area contributed by atoms with Crippen LogP contribution in [0, 0.1) is 0 Å². The number of anilines is 2.